The Balaban J connectivity index is 1.64. The van der Waals surface area contributed by atoms with Crippen molar-refractivity contribution in [3.63, 3.8) is 0 Å². The lowest BCUT2D eigenvalue weighted by Gasteiger charge is -2.42. The molecule has 1 aromatic heterocycles. The third-order valence-electron chi connectivity index (χ3n) is 4.56. The Hall–Kier alpha value is -2.58. The van der Waals surface area contributed by atoms with Crippen LogP contribution in [0.1, 0.15) is 12.8 Å². The van der Waals surface area contributed by atoms with Crippen LogP contribution in [0.25, 0.3) is 0 Å². The maximum Gasteiger partial charge on any atom is 0.224 e. The van der Waals surface area contributed by atoms with E-state index < -0.39 is 11.5 Å². The summed E-state index contributed by atoms with van der Waals surface area (Å²) in [6, 6.07) is 6.89. The number of nitrogens with zero attached hydrogens (tertiary/aromatic N) is 3. The van der Waals surface area contributed by atoms with Gasteiger partial charge in [-0.2, -0.15) is 0 Å². The molecule has 0 radical (unpaired) electrons. The number of aromatic nitrogens is 2. The van der Waals surface area contributed by atoms with Crippen LogP contribution in [0.15, 0.2) is 43.0 Å². The van der Waals surface area contributed by atoms with Gasteiger partial charge in [-0.05, 0) is 24.3 Å². The lowest BCUT2D eigenvalue weighted by molar-refractivity contribution is -0.161. The highest BCUT2D eigenvalue weighted by atomic mass is 35.5. The van der Waals surface area contributed by atoms with Gasteiger partial charge in [-0.25, -0.2) is 4.98 Å². The van der Waals surface area contributed by atoms with E-state index in [2.05, 4.69) is 4.98 Å². The number of benzene rings is 1. The van der Waals surface area contributed by atoms with Gasteiger partial charge in [-0.3, -0.25) is 9.59 Å². The molecule has 0 aliphatic carbocycles. The van der Waals surface area contributed by atoms with E-state index >= 15 is 0 Å². The summed E-state index contributed by atoms with van der Waals surface area (Å²) in [5.41, 5.74) is 4.46. The lowest BCUT2D eigenvalue weighted by Crippen LogP contribution is -2.58. The lowest BCUT2D eigenvalue weighted by atomic mass is 9.97. The zero-order valence-corrected chi connectivity index (χ0v) is 16.2. The summed E-state index contributed by atoms with van der Waals surface area (Å²) < 4.78 is 13.5. The van der Waals surface area contributed by atoms with Crippen LogP contribution in [0.2, 0.25) is 5.02 Å². The first kappa shape index (κ1) is 20.2. The number of nitrogens with two attached hydrogens (primary N) is 1. The average Bonchev–Trinajstić information content (AvgIpc) is 3.19. The van der Waals surface area contributed by atoms with Crippen LogP contribution >= 0.6 is 11.6 Å². The van der Waals surface area contributed by atoms with E-state index in [1.165, 1.54) is 0 Å². The van der Waals surface area contributed by atoms with E-state index in [9.17, 15) is 9.59 Å². The maximum absolute atomic E-state index is 12.6. The average molecular weight is 407 g/mol. The van der Waals surface area contributed by atoms with Crippen LogP contribution in [-0.4, -0.2) is 58.2 Å². The largest absolute Gasteiger partial charge is 0.490 e. The molecule has 28 heavy (non-hydrogen) atoms. The summed E-state index contributed by atoms with van der Waals surface area (Å²) in [4.78, 5) is 30.0. The SMILES string of the molecule is NC(=O)CC1(COc2ccc(Cl)cc2)CN(C(=O)CCn2ccnc2)CCO1. The Morgan fingerprint density at radius 2 is 2.11 bits per heavy atom. The van der Waals surface area contributed by atoms with Crippen molar-refractivity contribution in [2.75, 3.05) is 26.3 Å². The van der Waals surface area contributed by atoms with E-state index in [1.54, 1.807) is 41.7 Å². The maximum atomic E-state index is 12.6. The summed E-state index contributed by atoms with van der Waals surface area (Å²) in [6.07, 6.45) is 5.45. The predicted octanol–water partition coefficient (Wildman–Crippen LogP) is 1.48. The van der Waals surface area contributed by atoms with Crippen LogP contribution in [0.5, 0.6) is 5.75 Å². The first-order valence-corrected chi connectivity index (χ1v) is 9.38. The minimum atomic E-state index is -0.978. The number of morpholine rings is 1. The van der Waals surface area contributed by atoms with Crippen LogP contribution in [-0.2, 0) is 20.9 Å². The zero-order chi connectivity index (χ0) is 20.0. The normalized spacial score (nSPS) is 19.4. The number of aryl methyl sites for hydroxylation is 1. The molecule has 0 spiro atoms. The van der Waals surface area contributed by atoms with Crippen molar-refractivity contribution < 1.29 is 19.1 Å². The molecule has 8 nitrogen and oxygen atoms in total. The van der Waals surface area contributed by atoms with Gasteiger partial charge in [0.05, 0.1) is 25.9 Å². The molecule has 1 aromatic carbocycles. The van der Waals surface area contributed by atoms with Crippen LogP contribution in [0, 0.1) is 0 Å². The van der Waals surface area contributed by atoms with Gasteiger partial charge in [0.1, 0.15) is 18.0 Å². The summed E-state index contributed by atoms with van der Waals surface area (Å²) in [5, 5.41) is 0.600. The highest BCUT2D eigenvalue weighted by Crippen LogP contribution is 2.25. The standard InChI is InChI=1S/C19H23ClN4O4/c20-15-1-3-16(4-2-15)27-13-19(11-17(21)25)12-24(9-10-28-19)18(26)5-7-23-8-6-22-14-23/h1-4,6,8,14H,5,7,9-13H2,(H2,21,25). The molecular formula is C19H23ClN4O4. The van der Waals surface area contributed by atoms with Crippen molar-refractivity contribution in [3.05, 3.63) is 48.0 Å². The van der Waals surface area contributed by atoms with Gasteiger partial charge < -0.3 is 24.7 Å². The van der Waals surface area contributed by atoms with Gasteiger partial charge in [0.25, 0.3) is 0 Å². The topological polar surface area (TPSA) is 99.7 Å². The summed E-state index contributed by atoms with van der Waals surface area (Å²) in [5.74, 6) is 0.0742. The van der Waals surface area contributed by atoms with Crippen molar-refractivity contribution in [2.45, 2.75) is 25.0 Å². The number of primary amides is 1. The molecule has 1 saturated heterocycles. The highest BCUT2D eigenvalue weighted by molar-refractivity contribution is 6.30. The van der Waals surface area contributed by atoms with Crippen LogP contribution < -0.4 is 10.5 Å². The molecule has 2 heterocycles. The monoisotopic (exact) mass is 406 g/mol. The van der Waals surface area contributed by atoms with Gasteiger partial charge in [0, 0.05) is 36.9 Å². The van der Waals surface area contributed by atoms with Crippen molar-refractivity contribution in [1.29, 1.82) is 0 Å². The first-order chi connectivity index (χ1) is 13.5. The number of amides is 2. The molecule has 1 aliphatic heterocycles. The highest BCUT2D eigenvalue weighted by Gasteiger charge is 2.40. The third-order valence-corrected chi connectivity index (χ3v) is 4.81. The molecule has 1 fully saturated rings. The number of halogens is 1. The molecule has 0 saturated carbocycles. The third kappa shape index (κ3) is 5.46. The minimum absolute atomic E-state index is 0.0164. The molecule has 2 aromatic rings. The number of ether oxygens (including phenoxy) is 2. The molecule has 1 aliphatic rings. The number of hydrogen-bond donors (Lipinski definition) is 1. The Morgan fingerprint density at radius 3 is 2.79 bits per heavy atom. The number of imidazole rings is 1. The predicted molar refractivity (Wildman–Crippen MR) is 103 cm³/mol. The molecule has 9 heteroatoms. The second-order valence-corrected chi connectivity index (χ2v) is 7.22. The molecule has 2 amide bonds. The fraction of sp³-hybridized carbons (Fsp3) is 0.421. The summed E-state index contributed by atoms with van der Waals surface area (Å²) in [6.45, 7) is 1.66. The molecule has 1 unspecified atom stereocenters. The number of carbonyl (C=O) groups excluding carboxylic acids is 2. The first-order valence-electron chi connectivity index (χ1n) is 9.00. The summed E-state index contributed by atoms with van der Waals surface area (Å²) >= 11 is 5.89. The molecule has 2 N–H and O–H groups in total. The summed E-state index contributed by atoms with van der Waals surface area (Å²) in [7, 11) is 0. The second kappa shape index (κ2) is 9.07. The Morgan fingerprint density at radius 1 is 1.32 bits per heavy atom. The van der Waals surface area contributed by atoms with Crippen molar-refractivity contribution in [2.24, 2.45) is 5.73 Å². The number of carbonyl (C=O) groups is 2. The number of hydrogen-bond acceptors (Lipinski definition) is 5. The fourth-order valence-electron chi connectivity index (χ4n) is 3.17. The Bertz CT molecular complexity index is 797. The molecule has 3 rings (SSSR count). The van der Waals surface area contributed by atoms with E-state index in [4.69, 9.17) is 26.8 Å². The van der Waals surface area contributed by atoms with Crippen LogP contribution in [0.4, 0.5) is 0 Å². The molecular weight excluding hydrogens is 384 g/mol. The van der Waals surface area contributed by atoms with Crippen molar-refractivity contribution >= 4 is 23.4 Å². The van der Waals surface area contributed by atoms with Crippen molar-refractivity contribution in [1.82, 2.24) is 14.5 Å². The zero-order valence-electron chi connectivity index (χ0n) is 15.4. The Labute approximate surface area is 168 Å². The molecule has 0 bridgehead atoms. The second-order valence-electron chi connectivity index (χ2n) is 6.78. The van der Waals surface area contributed by atoms with Crippen LogP contribution in [0.3, 0.4) is 0 Å². The minimum Gasteiger partial charge on any atom is -0.490 e. The quantitative estimate of drug-likeness (QED) is 0.715. The Kier molecular flexibility index (Phi) is 6.53. The van der Waals surface area contributed by atoms with E-state index in [0.717, 1.165) is 0 Å². The fourth-order valence-corrected chi connectivity index (χ4v) is 3.29. The van der Waals surface area contributed by atoms with E-state index in [0.29, 0.717) is 36.9 Å². The smallest absolute Gasteiger partial charge is 0.224 e. The molecule has 150 valence electrons. The van der Waals surface area contributed by atoms with E-state index in [-0.39, 0.29) is 25.5 Å². The van der Waals surface area contributed by atoms with Gasteiger partial charge in [-0.1, -0.05) is 11.6 Å². The van der Waals surface area contributed by atoms with Gasteiger partial charge in [-0.15, -0.1) is 0 Å². The molecule has 1 atom stereocenters. The van der Waals surface area contributed by atoms with Gasteiger partial charge >= 0.3 is 0 Å². The van der Waals surface area contributed by atoms with Crippen molar-refractivity contribution in [3.8, 4) is 5.75 Å². The van der Waals surface area contributed by atoms with E-state index in [1.807, 2.05) is 10.8 Å². The van der Waals surface area contributed by atoms with Gasteiger partial charge in [0.2, 0.25) is 11.8 Å². The number of rotatable bonds is 8. The van der Waals surface area contributed by atoms with Gasteiger partial charge in [0.15, 0.2) is 0 Å².